The minimum absolute atomic E-state index is 0.0856. The molecule has 0 saturated carbocycles. The summed E-state index contributed by atoms with van der Waals surface area (Å²) in [7, 11) is 0. The van der Waals surface area contributed by atoms with Gasteiger partial charge < -0.3 is 4.57 Å². The number of hydrogen-bond acceptors (Lipinski definition) is 0. The van der Waals surface area contributed by atoms with Crippen molar-refractivity contribution in [3.63, 3.8) is 0 Å². The molecule has 9 aromatic carbocycles. The topological polar surface area (TPSA) is 4.93 Å². The zero-order chi connectivity index (χ0) is 40.0. The standard InChI is InChI=1S/C59H43N/c1-2-60-49-36-22-21-35-47(49)48-39-46(37-38-50(48)60)57-55(44-31-17-7-18-32-44)58-53(42-27-13-5-14-28-42)51(40-23-9-3-10-24-40)52(41-25-11-4-12-26-41)54(43-29-15-6-16-30-43)59(58)56(57)45-33-19-8-20-34-45/h3-39,57H,2H2,1H3. The van der Waals surface area contributed by atoms with E-state index in [0.717, 1.165) is 6.54 Å². The van der Waals surface area contributed by atoms with Crippen molar-refractivity contribution in [1.29, 1.82) is 0 Å². The van der Waals surface area contributed by atoms with Crippen LogP contribution in [0.25, 0.3) is 77.5 Å². The van der Waals surface area contributed by atoms with Gasteiger partial charge in [0.2, 0.25) is 0 Å². The van der Waals surface area contributed by atoms with Crippen molar-refractivity contribution in [2.24, 2.45) is 0 Å². The van der Waals surface area contributed by atoms with E-state index in [1.165, 1.54) is 105 Å². The first-order valence-corrected chi connectivity index (χ1v) is 21.1. The van der Waals surface area contributed by atoms with Gasteiger partial charge in [-0.15, -0.1) is 0 Å². The molecule has 1 aliphatic rings. The number of nitrogens with zero attached hydrogens (tertiary/aromatic N) is 1. The van der Waals surface area contributed by atoms with Gasteiger partial charge in [0, 0.05) is 34.3 Å². The molecule has 284 valence electrons. The van der Waals surface area contributed by atoms with Crippen LogP contribution in [0, 0.1) is 0 Å². The van der Waals surface area contributed by atoms with Gasteiger partial charge in [-0.25, -0.2) is 0 Å². The van der Waals surface area contributed by atoms with Gasteiger partial charge in [0.15, 0.2) is 0 Å². The molecule has 0 N–H and O–H groups in total. The fourth-order valence-corrected chi connectivity index (χ4v) is 10.1. The Morgan fingerprint density at radius 1 is 0.333 bits per heavy atom. The summed E-state index contributed by atoms with van der Waals surface area (Å²) in [6, 6.07) is 83.0. The van der Waals surface area contributed by atoms with Crippen LogP contribution in [0.2, 0.25) is 0 Å². The summed E-state index contributed by atoms with van der Waals surface area (Å²) in [6.07, 6.45) is 0. The van der Waals surface area contributed by atoms with Crippen molar-refractivity contribution in [2.45, 2.75) is 19.4 Å². The predicted octanol–water partition coefficient (Wildman–Crippen LogP) is 13.7. The Hall–Kier alpha value is -7.48. The molecular formula is C59H43N. The molecule has 0 aliphatic heterocycles. The van der Waals surface area contributed by atoms with Gasteiger partial charge in [0.25, 0.3) is 0 Å². The third-order valence-electron chi connectivity index (χ3n) is 12.5. The van der Waals surface area contributed by atoms with Crippen molar-refractivity contribution in [3.05, 3.63) is 252 Å². The van der Waals surface area contributed by atoms with Gasteiger partial charge in [-0.2, -0.15) is 0 Å². The highest BCUT2D eigenvalue weighted by atomic mass is 15.0. The van der Waals surface area contributed by atoms with E-state index in [1.807, 2.05) is 0 Å². The molecule has 0 spiro atoms. The zero-order valence-electron chi connectivity index (χ0n) is 33.6. The molecule has 1 heterocycles. The van der Waals surface area contributed by atoms with Crippen molar-refractivity contribution >= 4 is 33.0 Å². The van der Waals surface area contributed by atoms with E-state index < -0.39 is 0 Å². The summed E-state index contributed by atoms with van der Waals surface area (Å²) < 4.78 is 2.46. The van der Waals surface area contributed by atoms with E-state index in [0.29, 0.717) is 0 Å². The molecule has 0 bridgehead atoms. The highest BCUT2D eigenvalue weighted by molar-refractivity contribution is 6.10. The SMILES string of the molecule is CCn1c2ccccc2c2cc(C3C(c4ccccc4)=c4c(-c5ccccc5)c(-c5ccccc5)c(-c5ccccc5)c(-c5ccccc5)c4=C3c3ccccc3)ccc21. The zero-order valence-corrected chi connectivity index (χ0v) is 33.6. The molecule has 0 unspecified atom stereocenters. The molecule has 1 nitrogen and oxygen atoms in total. The lowest BCUT2D eigenvalue weighted by molar-refractivity contribution is 0.827. The Morgan fingerprint density at radius 2 is 0.683 bits per heavy atom. The fraction of sp³-hybridized carbons (Fsp3) is 0.0508. The lowest BCUT2D eigenvalue weighted by Gasteiger charge is -2.23. The Morgan fingerprint density at radius 3 is 1.10 bits per heavy atom. The maximum atomic E-state index is 2.51. The van der Waals surface area contributed by atoms with E-state index in [4.69, 9.17) is 0 Å². The fourth-order valence-electron chi connectivity index (χ4n) is 10.1. The first kappa shape index (κ1) is 35.7. The molecule has 0 fully saturated rings. The average Bonchev–Trinajstić information content (AvgIpc) is 3.85. The minimum atomic E-state index is -0.0856. The van der Waals surface area contributed by atoms with Crippen LogP contribution >= 0.6 is 0 Å². The van der Waals surface area contributed by atoms with Crippen LogP contribution in [0.4, 0.5) is 0 Å². The molecule has 1 heteroatoms. The molecule has 1 aromatic heterocycles. The second-order valence-corrected chi connectivity index (χ2v) is 15.7. The third-order valence-corrected chi connectivity index (χ3v) is 12.5. The summed E-state index contributed by atoms with van der Waals surface area (Å²) in [5, 5.41) is 5.18. The van der Waals surface area contributed by atoms with Crippen LogP contribution in [0.5, 0.6) is 0 Å². The summed E-state index contributed by atoms with van der Waals surface area (Å²) >= 11 is 0. The molecule has 11 rings (SSSR count). The van der Waals surface area contributed by atoms with Gasteiger partial charge in [0.1, 0.15) is 0 Å². The first-order chi connectivity index (χ1) is 29.8. The number of para-hydroxylation sites is 1. The van der Waals surface area contributed by atoms with E-state index in [-0.39, 0.29) is 5.92 Å². The number of fused-ring (bicyclic) bond motifs is 4. The summed E-state index contributed by atoms with van der Waals surface area (Å²) in [5.74, 6) is -0.0856. The minimum Gasteiger partial charge on any atom is -0.341 e. The lowest BCUT2D eigenvalue weighted by Crippen LogP contribution is -2.31. The largest absolute Gasteiger partial charge is 0.341 e. The molecular weight excluding hydrogens is 723 g/mol. The molecule has 0 saturated heterocycles. The van der Waals surface area contributed by atoms with Crippen molar-refractivity contribution < 1.29 is 0 Å². The van der Waals surface area contributed by atoms with E-state index >= 15 is 0 Å². The summed E-state index contributed by atoms with van der Waals surface area (Å²) in [4.78, 5) is 0. The average molecular weight is 766 g/mol. The van der Waals surface area contributed by atoms with Crippen molar-refractivity contribution in [3.8, 4) is 44.5 Å². The molecule has 1 aliphatic carbocycles. The van der Waals surface area contributed by atoms with Crippen LogP contribution in [-0.2, 0) is 6.54 Å². The highest BCUT2D eigenvalue weighted by Gasteiger charge is 2.36. The Labute approximate surface area is 351 Å². The van der Waals surface area contributed by atoms with E-state index in [1.54, 1.807) is 0 Å². The predicted molar refractivity (Wildman–Crippen MR) is 253 cm³/mol. The van der Waals surface area contributed by atoms with Gasteiger partial charge >= 0.3 is 0 Å². The van der Waals surface area contributed by atoms with Crippen molar-refractivity contribution in [1.82, 2.24) is 4.57 Å². The van der Waals surface area contributed by atoms with Crippen LogP contribution in [0.15, 0.2) is 224 Å². The second kappa shape index (κ2) is 15.0. The van der Waals surface area contributed by atoms with E-state index in [2.05, 4.69) is 236 Å². The number of aryl methyl sites for hydroxylation is 1. The smallest absolute Gasteiger partial charge is 0.0491 e. The number of benzene rings is 9. The monoisotopic (exact) mass is 765 g/mol. The second-order valence-electron chi connectivity index (χ2n) is 15.7. The Bertz CT molecular complexity index is 3130. The Kier molecular flexibility index (Phi) is 8.94. The third kappa shape index (κ3) is 5.77. The van der Waals surface area contributed by atoms with Crippen LogP contribution in [0.1, 0.15) is 29.5 Å². The number of hydrogen-bond donors (Lipinski definition) is 0. The quantitative estimate of drug-likeness (QED) is 0.145. The van der Waals surface area contributed by atoms with Gasteiger partial charge in [0.05, 0.1) is 0 Å². The molecule has 0 atom stereocenters. The first-order valence-electron chi connectivity index (χ1n) is 21.1. The normalized spacial score (nSPS) is 12.7. The Balaban J connectivity index is 1.45. The van der Waals surface area contributed by atoms with Crippen LogP contribution < -0.4 is 10.4 Å². The molecule has 0 radical (unpaired) electrons. The van der Waals surface area contributed by atoms with Gasteiger partial charge in [-0.3, -0.25) is 0 Å². The number of aromatic nitrogens is 1. The summed E-state index contributed by atoms with van der Waals surface area (Å²) in [6.45, 7) is 3.16. The highest BCUT2D eigenvalue weighted by Crippen LogP contribution is 2.49. The molecule has 10 aromatic rings. The number of rotatable bonds is 8. The van der Waals surface area contributed by atoms with Gasteiger partial charge in [-0.05, 0) is 108 Å². The maximum absolute atomic E-state index is 2.51. The summed E-state index contributed by atoms with van der Waals surface area (Å²) in [5.41, 5.74) is 18.8. The molecule has 60 heavy (non-hydrogen) atoms. The van der Waals surface area contributed by atoms with Crippen LogP contribution in [0.3, 0.4) is 0 Å². The van der Waals surface area contributed by atoms with Crippen molar-refractivity contribution in [2.75, 3.05) is 0 Å². The van der Waals surface area contributed by atoms with E-state index in [9.17, 15) is 0 Å². The maximum Gasteiger partial charge on any atom is 0.0491 e. The van der Waals surface area contributed by atoms with Gasteiger partial charge in [-0.1, -0.05) is 206 Å². The lowest BCUT2D eigenvalue weighted by atomic mass is 9.80. The van der Waals surface area contributed by atoms with Crippen LogP contribution in [-0.4, -0.2) is 4.57 Å². The molecule has 0 amide bonds.